The standard InChI is InChI=1S/C15H20BrNO2/c1-10(2)13(9-18)17-14(19)15(7-8-15)11-3-5-12(16)6-4-11/h3-6,10,13,18H,7-9H2,1-2H3,(H,17,19)/t13-/m1/s1. The molecule has 0 bridgehead atoms. The molecule has 0 saturated heterocycles. The van der Waals surface area contributed by atoms with Crippen molar-refractivity contribution in [3.8, 4) is 0 Å². The van der Waals surface area contributed by atoms with Crippen LogP contribution in [0.15, 0.2) is 28.7 Å². The van der Waals surface area contributed by atoms with E-state index < -0.39 is 0 Å². The maximum Gasteiger partial charge on any atom is 0.230 e. The molecule has 3 nitrogen and oxygen atoms in total. The number of aliphatic hydroxyl groups excluding tert-OH is 1. The van der Waals surface area contributed by atoms with Crippen molar-refractivity contribution in [3.63, 3.8) is 0 Å². The molecular formula is C15H20BrNO2. The molecule has 1 fully saturated rings. The van der Waals surface area contributed by atoms with Crippen molar-refractivity contribution in [2.45, 2.75) is 38.1 Å². The molecule has 1 aromatic carbocycles. The predicted octanol–water partition coefficient (Wildman–Crippen LogP) is 2.61. The molecule has 1 aromatic rings. The molecule has 0 aromatic heterocycles. The Morgan fingerprint density at radius 3 is 2.37 bits per heavy atom. The van der Waals surface area contributed by atoms with Gasteiger partial charge in [-0.1, -0.05) is 41.9 Å². The average Bonchev–Trinajstić information content (AvgIpc) is 3.17. The molecule has 2 rings (SSSR count). The van der Waals surface area contributed by atoms with Crippen LogP contribution in [0.4, 0.5) is 0 Å². The Morgan fingerprint density at radius 2 is 1.95 bits per heavy atom. The van der Waals surface area contributed by atoms with Gasteiger partial charge in [-0.15, -0.1) is 0 Å². The lowest BCUT2D eigenvalue weighted by Gasteiger charge is -2.24. The van der Waals surface area contributed by atoms with Crippen LogP contribution in [0.2, 0.25) is 0 Å². The molecular weight excluding hydrogens is 306 g/mol. The maximum absolute atomic E-state index is 12.5. The lowest BCUT2D eigenvalue weighted by Crippen LogP contribution is -2.45. The van der Waals surface area contributed by atoms with Crippen LogP contribution in [0.25, 0.3) is 0 Å². The van der Waals surface area contributed by atoms with Gasteiger partial charge in [0, 0.05) is 4.47 Å². The maximum atomic E-state index is 12.5. The van der Waals surface area contributed by atoms with E-state index in [0.717, 1.165) is 22.9 Å². The van der Waals surface area contributed by atoms with E-state index in [2.05, 4.69) is 21.2 Å². The van der Waals surface area contributed by atoms with Gasteiger partial charge in [-0.05, 0) is 36.5 Å². The second-order valence-corrected chi connectivity index (χ2v) is 6.51. The average molecular weight is 326 g/mol. The number of rotatable bonds is 5. The van der Waals surface area contributed by atoms with Gasteiger partial charge in [0.25, 0.3) is 0 Å². The van der Waals surface area contributed by atoms with Crippen LogP contribution in [0, 0.1) is 5.92 Å². The van der Waals surface area contributed by atoms with E-state index in [9.17, 15) is 9.90 Å². The number of amides is 1. The zero-order valence-electron chi connectivity index (χ0n) is 11.3. The van der Waals surface area contributed by atoms with Gasteiger partial charge in [-0.25, -0.2) is 0 Å². The van der Waals surface area contributed by atoms with Crippen molar-refractivity contribution in [1.82, 2.24) is 5.32 Å². The number of halogens is 1. The van der Waals surface area contributed by atoms with Crippen LogP contribution >= 0.6 is 15.9 Å². The van der Waals surface area contributed by atoms with Crippen LogP contribution in [0.1, 0.15) is 32.3 Å². The lowest BCUT2D eigenvalue weighted by atomic mass is 9.94. The van der Waals surface area contributed by atoms with Gasteiger partial charge >= 0.3 is 0 Å². The van der Waals surface area contributed by atoms with Crippen LogP contribution in [-0.2, 0) is 10.2 Å². The van der Waals surface area contributed by atoms with Crippen LogP contribution in [0.3, 0.4) is 0 Å². The van der Waals surface area contributed by atoms with Crippen LogP contribution < -0.4 is 5.32 Å². The molecule has 0 spiro atoms. The number of benzene rings is 1. The van der Waals surface area contributed by atoms with Gasteiger partial charge < -0.3 is 10.4 Å². The van der Waals surface area contributed by atoms with Crippen LogP contribution in [0.5, 0.6) is 0 Å². The molecule has 19 heavy (non-hydrogen) atoms. The number of hydrogen-bond donors (Lipinski definition) is 2. The lowest BCUT2D eigenvalue weighted by molar-refractivity contribution is -0.125. The highest BCUT2D eigenvalue weighted by Crippen LogP contribution is 2.48. The minimum atomic E-state index is -0.372. The summed E-state index contributed by atoms with van der Waals surface area (Å²) in [6.45, 7) is 3.99. The largest absolute Gasteiger partial charge is 0.394 e. The fraction of sp³-hybridized carbons (Fsp3) is 0.533. The molecule has 104 valence electrons. The highest BCUT2D eigenvalue weighted by atomic mass is 79.9. The molecule has 0 radical (unpaired) electrons. The van der Waals surface area contributed by atoms with E-state index in [0.29, 0.717) is 0 Å². The molecule has 1 atom stereocenters. The fourth-order valence-electron chi connectivity index (χ4n) is 2.27. The zero-order valence-corrected chi connectivity index (χ0v) is 12.9. The predicted molar refractivity (Wildman–Crippen MR) is 78.9 cm³/mol. The van der Waals surface area contributed by atoms with E-state index in [4.69, 9.17) is 0 Å². The molecule has 1 aliphatic rings. The second-order valence-electron chi connectivity index (χ2n) is 5.60. The number of carbonyl (C=O) groups excluding carboxylic acids is 1. The summed E-state index contributed by atoms with van der Waals surface area (Å²) in [6, 6.07) is 7.77. The van der Waals surface area contributed by atoms with Crippen molar-refractivity contribution in [3.05, 3.63) is 34.3 Å². The van der Waals surface area contributed by atoms with E-state index in [1.165, 1.54) is 0 Å². The van der Waals surface area contributed by atoms with Gasteiger partial charge in [0.2, 0.25) is 5.91 Å². The first-order valence-electron chi connectivity index (χ1n) is 6.67. The SMILES string of the molecule is CC(C)[C@@H](CO)NC(=O)C1(c2ccc(Br)cc2)CC1. The third kappa shape index (κ3) is 3.00. The van der Waals surface area contributed by atoms with E-state index in [1.807, 2.05) is 38.1 Å². The summed E-state index contributed by atoms with van der Waals surface area (Å²) in [4.78, 5) is 12.5. The second kappa shape index (κ2) is 5.63. The van der Waals surface area contributed by atoms with Gasteiger partial charge in [-0.3, -0.25) is 4.79 Å². The summed E-state index contributed by atoms with van der Waals surface area (Å²) in [5.41, 5.74) is 0.692. The van der Waals surface area contributed by atoms with E-state index in [1.54, 1.807) is 0 Å². The fourth-order valence-corrected chi connectivity index (χ4v) is 2.53. The molecule has 2 N–H and O–H groups in total. The number of aliphatic hydroxyl groups is 1. The van der Waals surface area contributed by atoms with E-state index >= 15 is 0 Å². The summed E-state index contributed by atoms with van der Waals surface area (Å²) >= 11 is 3.41. The van der Waals surface area contributed by atoms with Crippen molar-refractivity contribution in [1.29, 1.82) is 0 Å². The quantitative estimate of drug-likeness (QED) is 0.874. The first kappa shape index (κ1) is 14.5. The summed E-state index contributed by atoms with van der Waals surface area (Å²) < 4.78 is 1.02. The number of nitrogens with one attached hydrogen (secondary N) is 1. The molecule has 0 heterocycles. The molecule has 1 amide bonds. The molecule has 0 unspecified atom stereocenters. The highest BCUT2D eigenvalue weighted by molar-refractivity contribution is 9.10. The molecule has 1 aliphatic carbocycles. The number of hydrogen-bond acceptors (Lipinski definition) is 2. The third-order valence-corrected chi connectivity index (χ3v) is 4.43. The minimum absolute atomic E-state index is 0.0141. The Labute approximate surface area is 122 Å². The summed E-state index contributed by atoms with van der Waals surface area (Å²) in [5, 5.41) is 12.3. The first-order chi connectivity index (χ1) is 8.99. The highest BCUT2D eigenvalue weighted by Gasteiger charge is 2.51. The summed E-state index contributed by atoms with van der Waals surface area (Å²) in [7, 11) is 0. The van der Waals surface area contributed by atoms with Gasteiger partial charge in [0.1, 0.15) is 0 Å². The first-order valence-corrected chi connectivity index (χ1v) is 7.47. The van der Waals surface area contributed by atoms with Crippen molar-refractivity contribution >= 4 is 21.8 Å². The molecule has 1 saturated carbocycles. The topological polar surface area (TPSA) is 49.3 Å². The van der Waals surface area contributed by atoms with Crippen molar-refractivity contribution < 1.29 is 9.90 Å². The Hall–Kier alpha value is -0.870. The Morgan fingerprint density at radius 1 is 1.37 bits per heavy atom. The third-order valence-electron chi connectivity index (χ3n) is 3.90. The van der Waals surface area contributed by atoms with Crippen molar-refractivity contribution in [2.24, 2.45) is 5.92 Å². The van der Waals surface area contributed by atoms with E-state index in [-0.39, 0.29) is 29.9 Å². The Balaban J connectivity index is 2.12. The Kier molecular flexibility index (Phi) is 4.31. The summed E-state index contributed by atoms with van der Waals surface area (Å²) in [6.07, 6.45) is 1.77. The Bertz CT molecular complexity index is 452. The zero-order chi connectivity index (χ0) is 14.0. The monoisotopic (exact) mass is 325 g/mol. The van der Waals surface area contributed by atoms with Gasteiger partial charge in [-0.2, -0.15) is 0 Å². The smallest absolute Gasteiger partial charge is 0.230 e. The summed E-state index contributed by atoms with van der Waals surface area (Å²) in [5.74, 6) is 0.275. The normalized spacial score (nSPS) is 18.2. The molecule has 4 heteroatoms. The molecule has 0 aliphatic heterocycles. The van der Waals surface area contributed by atoms with Crippen molar-refractivity contribution in [2.75, 3.05) is 6.61 Å². The minimum Gasteiger partial charge on any atom is -0.394 e. The van der Waals surface area contributed by atoms with Gasteiger partial charge in [0.05, 0.1) is 18.1 Å². The number of carbonyl (C=O) groups is 1. The van der Waals surface area contributed by atoms with Gasteiger partial charge in [0.15, 0.2) is 0 Å². The van der Waals surface area contributed by atoms with Crippen LogP contribution in [-0.4, -0.2) is 23.7 Å².